The van der Waals surface area contributed by atoms with Gasteiger partial charge in [-0.1, -0.05) is 28.1 Å². The molecule has 2 rings (SSSR count). The molecule has 2 nitrogen and oxygen atoms in total. The number of hydrogen-bond donors (Lipinski definition) is 0. The number of halogens is 2. The van der Waals surface area contributed by atoms with Gasteiger partial charge in [0.15, 0.2) is 0 Å². The Morgan fingerprint density at radius 2 is 1.85 bits per heavy atom. The second-order valence-corrected chi connectivity index (χ2v) is 5.67. The summed E-state index contributed by atoms with van der Waals surface area (Å²) in [5, 5.41) is 0. The van der Waals surface area contributed by atoms with Crippen LogP contribution in [0.4, 0.5) is 4.39 Å². The Morgan fingerprint density at radius 3 is 2.45 bits per heavy atom. The van der Waals surface area contributed by atoms with Gasteiger partial charge >= 0.3 is 0 Å². The van der Waals surface area contributed by atoms with Crippen LogP contribution in [0.25, 0.3) is 0 Å². The molecule has 0 saturated carbocycles. The number of carbonyl (C=O) groups is 1. The largest absolute Gasteiger partial charge is 0.337 e. The highest BCUT2D eigenvalue weighted by molar-refractivity contribution is 9.10. The minimum Gasteiger partial charge on any atom is -0.337 e. The van der Waals surface area contributed by atoms with E-state index in [9.17, 15) is 9.18 Å². The van der Waals surface area contributed by atoms with Gasteiger partial charge in [-0.05, 0) is 48.4 Å². The predicted molar refractivity (Wildman–Crippen MR) is 81.1 cm³/mol. The summed E-state index contributed by atoms with van der Waals surface area (Å²) in [7, 11) is 1.74. The molecule has 0 aliphatic carbocycles. The Bertz CT molecular complexity index is 625. The molecule has 0 aliphatic heterocycles. The molecule has 2 aromatic carbocycles. The molecule has 0 radical (unpaired) electrons. The van der Waals surface area contributed by atoms with Gasteiger partial charge in [-0.15, -0.1) is 0 Å². The Hall–Kier alpha value is -1.68. The standard InChI is InChI=1S/C16H15BrFNO/c1-11-9-13(5-8-15(11)18)16(20)19(2)10-12-3-6-14(17)7-4-12/h3-9H,10H2,1-2H3. The first-order chi connectivity index (χ1) is 9.47. The van der Waals surface area contributed by atoms with Gasteiger partial charge in [0.25, 0.3) is 5.91 Å². The lowest BCUT2D eigenvalue weighted by Crippen LogP contribution is -2.26. The molecule has 1 amide bonds. The fraction of sp³-hybridized carbons (Fsp3) is 0.188. The lowest BCUT2D eigenvalue weighted by Gasteiger charge is -2.17. The van der Waals surface area contributed by atoms with Crippen molar-refractivity contribution in [3.63, 3.8) is 0 Å². The molecule has 0 heterocycles. The summed E-state index contributed by atoms with van der Waals surface area (Å²) in [4.78, 5) is 13.9. The molecule has 0 bridgehead atoms. The Kier molecular flexibility index (Phi) is 4.55. The number of aryl methyl sites for hydroxylation is 1. The molecule has 0 spiro atoms. The van der Waals surface area contributed by atoms with Gasteiger partial charge in [-0.3, -0.25) is 4.79 Å². The Morgan fingerprint density at radius 1 is 1.20 bits per heavy atom. The zero-order valence-corrected chi connectivity index (χ0v) is 12.9. The number of hydrogen-bond acceptors (Lipinski definition) is 1. The van der Waals surface area contributed by atoms with E-state index in [0.717, 1.165) is 10.0 Å². The summed E-state index contributed by atoms with van der Waals surface area (Å²) < 4.78 is 14.2. The first-order valence-corrected chi connectivity index (χ1v) is 7.03. The van der Waals surface area contributed by atoms with E-state index in [0.29, 0.717) is 17.7 Å². The highest BCUT2D eigenvalue weighted by Gasteiger charge is 2.13. The zero-order valence-electron chi connectivity index (χ0n) is 11.4. The van der Waals surface area contributed by atoms with E-state index in [1.807, 2.05) is 24.3 Å². The van der Waals surface area contributed by atoms with Crippen LogP contribution >= 0.6 is 15.9 Å². The summed E-state index contributed by atoms with van der Waals surface area (Å²) >= 11 is 3.38. The van der Waals surface area contributed by atoms with E-state index >= 15 is 0 Å². The van der Waals surface area contributed by atoms with Crippen molar-refractivity contribution in [1.82, 2.24) is 4.90 Å². The van der Waals surface area contributed by atoms with E-state index in [1.54, 1.807) is 24.9 Å². The van der Waals surface area contributed by atoms with Crippen molar-refractivity contribution in [3.05, 3.63) is 69.4 Å². The first kappa shape index (κ1) is 14.7. The van der Waals surface area contributed by atoms with E-state index in [2.05, 4.69) is 15.9 Å². The van der Waals surface area contributed by atoms with Crippen LogP contribution in [0.5, 0.6) is 0 Å². The van der Waals surface area contributed by atoms with Crippen LogP contribution in [-0.2, 0) is 6.54 Å². The molecule has 0 saturated heterocycles. The van der Waals surface area contributed by atoms with Crippen LogP contribution in [-0.4, -0.2) is 17.9 Å². The van der Waals surface area contributed by atoms with Crippen molar-refractivity contribution in [2.24, 2.45) is 0 Å². The lowest BCUT2D eigenvalue weighted by atomic mass is 10.1. The molecule has 0 unspecified atom stereocenters. The molecule has 4 heteroatoms. The highest BCUT2D eigenvalue weighted by Crippen LogP contribution is 2.14. The van der Waals surface area contributed by atoms with Gasteiger partial charge in [0.2, 0.25) is 0 Å². The quantitative estimate of drug-likeness (QED) is 0.824. The Labute approximate surface area is 126 Å². The second-order valence-electron chi connectivity index (χ2n) is 4.75. The summed E-state index contributed by atoms with van der Waals surface area (Å²) in [6.07, 6.45) is 0. The lowest BCUT2D eigenvalue weighted by molar-refractivity contribution is 0.0785. The molecule has 0 aliphatic rings. The third-order valence-corrected chi connectivity index (χ3v) is 3.61. The third-order valence-electron chi connectivity index (χ3n) is 3.08. The van der Waals surface area contributed by atoms with Crippen molar-refractivity contribution >= 4 is 21.8 Å². The van der Waals surface area contributed by atoms with Gasteiger partial charge < -0.3 is 4.90 Å². The third kappa shape index (κ3) is 3.45. The number of amides is 1. The molecule has 2 aromatic rings. The zero-order chi connectivity index (χ0) is 14.7. The SMILES string of the molecule is Cc1cc(C(=O)N(C)Cc2ccc(Br)cc2)ccc1F. The monoisotopic (exact) mass is 335 g/mol. The molecule has 104 valence electrons. The highest BCUT2D eigenvalue weighted by atomic mass is 79.9. The smallest absolute Gasteiger partial charge is 0.253 e. The number of benzene rings is 2. The van der Waals surface area contributed by atoms with Crippen LogP contribution in [0.1, 0.15) is 21.5 Å². The van der Waals surface area contributed by atoms with Gasteiger partial charge in [0.1, 0.15) is 5.82 Å². The first-order valence-electron chi connectivity index (χ1n) is 6.23. The van der Waals surface area contributed by atoms with Crippen molar-refractivity contribution < 1.29 is 9.18 Å². The van der Waals surface area contributed by atoms with E-state index in [-0.39, 0.29) is 11.7 Å². The van der Waals surface area contributed by atoms with Crippen LogP contribution in [0.2, 0.25) is 0 Å². The minimum absolute atomic E-state index is 0.115. The van der Waals surface area contributed by atoms with E-state index in [1.165, 1.54) is 12.1 Å². The van der Waals surface area contributed by atoms with Crippen LogP contribution in [0.3, 0.4) is 0 Å². The maximum absolute atomic E-state index is 13.2. The molecule has 0 fully saturated rings. The Balaban J connectivity index is 2.11. The van der Waals surface area contributed by atoms with Crippen molar-refractivity contribution in [3.8, 4) is 0 Å². The van der Waals surface area contributed by atoms with Gasteiger partial charge in [0.05, 0.1) is 0 Å². The maximum atomic E-state index is 13.2. The average Bonchev–Trinajstić information content (AvgIpc) is 2.43. The summed E-state index contributed by atoms with van der Waals surface area (Å²) in [6, 6.07) is 12.2. The summed E-state index contributed by atoms with van der Waals surface area (Å²) in [6.45, 7) is 2.17. The van der Waals surface area contributed by atoms with Gasteiger partial charge in [-0.2, -0.15) is 0 Å². The summed E-state index contributed by atoms with van der Waals surface area (Å²) in [5.74, 6) is -0.409. The van der Waals surface area contributed by atoms with E-state index < -0.39 is 0 Å². The van der Waals surface area contributed by atoms with Crippen LogP contribution < -0.4 is 0 Å². The molecule has 20 heavy (non-hydrogen) atoms. The molecule has 0 atom stereocenters. The van der Waals surface area contributed by atoms with Crippen molar-refractivity contribution in [2.75, 3.05) is 7.05 Å². The normalized spacial score (nSPS) is 10.4. The topological polar surface area (TPSA) is 20.3 Å². The summed E-state index contributed by atoms with van der Waals surface area (Å²) in [5.41, 5.74) is 2.03. The van der Waals surface area contributed by atoms with Crippen molar-refractivity contribution in [1.29, 1.82) is 0 Å². The van der Waals surface area contributed by atoms with Crippen LogP contribution in [0, 0.1) is 12.7 Å². The van der Waals surface area contributed by atoms with Gasteiger partial charge in [-0.25, -0.2) is 4.39 Å². The van der Waals surface area contributed by atoms with Gasteiger partial charge in [0, 0.05) is 23.6 Å². The predicted octanol–water partition coefficient (Wildman–Crippen LogP) is 4.17. The molecular formula is C16H15BrFNO. The fourth-order valence-corrected chi connectivity index (χ4v) is 2.20. The van der Waals surface area contributed by atoms with Crippen LogP contribution in [0.15, 0.2) is 46.9 Å². The number of carbonyl (C=O) groups excluding carboxylic acids is 1. The molecular weight excluding hydrogens is 321 g/mol. The molecule has 0 aromatic heterocycles. The fourth-order valence-electron chi connectivity index (χ4n) is 1.93. The number of nitrogens with zero attached hydrogens (tertiary/aromatic N) is 1. The number of rotatable bonds is 3. The average molecular weight is 336 g/mol. The maximum Gasteiger partial charge on any atom is 0.253 e. The molecule has 0 N–H and O–H groups in total. The minimum atomic E-state index is -0.294. The van der Waals surface area contributed by atoms with Crippen molar-refractivity contribution in [2.45, 2.75) is 13.5 Å². The van der Waals surface area contributed by atoms with E-state index in [4.69, 9.17) is 0 Å². The second kappa shape index (κ2) is 6.18.